The van der Waals surface area contributed by atoms with Crippen molar-refractivity contribution in [2.24, 2.45) is 11.7 Å². The van der Waals surface area contributed by atoms with Crippen molar-refractivity contribution in [1.82, 2.24) is 5.32 Å². The first kappa shape index (κ1) is 14.7. The van der Waals surface area contributed by atoms with Crippen molar-refractivity contribution in [3.8, 4) is 11.5 Å². The molecule has 0 unspecified atom stereocenters. The van der Waals surface area contributed by atoms with Gasteiger partial charge in [-0.05, 0) is 49.8 Å². The molecule has 1 saturated carbocycles. The molecule has 0 bridgehead atoms. The Morgan fingerprint density at radius 3 is 2.55 bits per heavy atom. The fourth-order valence-corrected chi connectivity index (χ4v) is 2.67. The van der Waals surface area contributed by atoms with Gasteiger partial charge in [-0.1, -0.05) is 6.92 Å². The molecule has 0 atom stereocenters. The van der Waals surface area contributed by atoms with Gasteiger partial charge in [0, 0.05) is 12.1 Å². The molecule has 0 radical (unpaired) electrons. The second-order valence-corrected chi connectivity index (χ2v) is 5.82. The molecule has 5 heteroatoms. The van der Waals surface area contributed by atoms with E-state index in [9.17, 15) is 15.0 Å². The van der Waals surface area contributed by atoms with Gasteiger partial charge in [-0.15, -0.1) is 0 Å². The molecule has 0 spiro atoms. The number of rotatable bonds is 3. The van der Waals surface area contributed by atoms with Crippen molar-refractivity contribution in [2.45, 2.75) is 38.1 Å². The summed E-state index contributed by atoms with van der Waals surface area (Å²) in [5, 5.41) is 21.7. The van der Waals surface area contributed by atoms with Crippen LogP contribution in [-0.4, -0.2) is 28.2 Å². The summed E-state index contributed by atoms with van der Waals surface area (Å²) in [6.07, 6.45) is 3.86. The number of benzene rings is 1. The van der Waals surface area contributed by atoms with Crippen LogP contribution in [0.1, 0.15) is 43.0 Å². The number of aromatic hydroxyl groups is 2. The zero-order valence-corrected chi connectivity index (χ0v) is 11.7. The van der Waals surface area contributed by atoms with E-state index in [2.05, 4.69) is 12.2 Å². The van der Waals surface area contributed by atoms with Gasteiger partial charge in [-0.2, -0.15) is 0 Å². The molecule has 110 valence electrons. The molecule has 1 aliphatic carbocycles. The topological polar surface area (TPSA) is 95.6 Å². The fraction of sp³-hybridized carbons (Fsp3) is 0.533. The van der Waals surface area contributed by atoms with E-state index in [4.69, 9.17) is 5.73 Å². The number of hydrogen-bond donors (Lipinski definition) is 4. The minimum atomic E-state index is -0.350. The predicted octanol–water partition coefficient (Wildman–Crippen LogP) is 1.74. The molecule has 1 fully saturated rings. The molecule has 0 heterocycles. The summed E-state index contributed by atoms with van der Waals surface area (Å²) >= 11 is 0. The maximum atomic E-state index is 12.3. The molecule has 2 rings (SSSR count). The van der Waals surface area contributed by atoms with E-state index < -0.39 is 0 Å². The van der Waals surface area contributed by atoms with Gasteiger partial charge in [0.05, 0.1) is 5.54 Å². The maximum Gasteiger partial charge on any atom is 0.251 e. The molecule has 5 nitrogen and oxygen atoms in total. The van der Waals surface area contributed by atoms with E-state index in [1.54, 1.807) is 0 Å². The minimum absolute atomic E-state index is 0.235. The Morgan fingerprint density at radius 1 is 1.35 bits per heavy atom. The Hall–Kier alpha value is -1.75. The number of carbonyl (C=O) groups excluding carboxylic acids is 1. The van der Waals surface area contributed by atoms with Crippen molar-refractivity contribution in [3.05, 3.63) is 23.8 Å². The molecular weight excluding hydrogens is 256 g/mol. The number of nitrogens with two attached hydrogens (primary N) is 1. The van der Waals surface area contributed by atoms with E-state index in [1.165, 1.54) is 18.2 Å². The largest absolute Gasteiger partial charge is 0.504 e. The summed E-state index contributed by atoms with van der Waals surface area (Å²) in [5.74, 6) is -0.122. The summed E-state index contributed by atoms with van der Waals surface area (Å²) < 4.78 is 0. The Labute approximate surface area is 118 Å². The number of carbonyl (C=O) groups is 1. The van der Waals surface area contributed by atoms with Crippen molar-refractivity contribution in [2.75, 3.05) is 6.54 Å². The lowest BCUT2D eigenvalue weighted by molar-refractivity contribution is 0.0859. The summed E-state index contributed by atoms with van der Waals surface area (Å²) in [4.78, 5) is 12.3. The van der Waals surface area contributed by atoms with Crippen molar-refractivity contribution >= 4 is 5.91 Å². The first-order valence-electron chi connectivity index (χ1n) is 7.00. The van der Waals surface area contributed by atoms with Gasteiger partial charge in [0.25, 0.3) is 5.91 Å². The van der Waals surface area contributed by atoms with Crippen LogP contribution in [0.2, 0.25) is 0 Å². The number of amides is 1. The fourth-order valence-electron chi connectivity index (χ4n) is 2.67. The summed E-state index contributed by atoms with van der Waals surface area (Å²) in [6.45, 7) is 2.62. The number of nitrogens with one attached hydrogen (secondary N) is 1. The van der Waals surface area contributed by atoms with Crippen LogP contribution in [-0.2, 0) is 0 Å². The lowest BCUT2D eigenvalue weighted by Crippen LogP contribution is -2.55. The molecule has 1 aromatic carbocycles. The molecule has 1 aromatic rings. The highest BCUT2D eigenvalue weighted by Crippen LogP contribution is 2.32. The molecule has 0 aliphatic heterocycles. The number of phenolic OH excluding ortho intramolecular Hbond substituents is 2. The summed E-state index contributed by atoms with van der Waals surface area (Å²) in [7, 11) is 0. The molecule has 0 aromatic heterocycles. The Balaban J connectivity index is 2.11. The smallest absolute Gasteiger partial charge is 0.251 e. The lowest BCUT2D eigenvalue weighted by Gasteiger charge is -2.39. The van der Waals surface area contributed by atoms with Gasteiger partial charge in [-0.3, -0.25) is 4.79 Å². The quantitative estimate of drug-likeness (QED) is 0.633. The zero-order valence-electron chi connectivity index (χ0n) is 11.7. The summed E-state index contributed by atoms with van der Waals surface area (Å²) in [6, 6.07) is 4.06. The predicted molar refractivity (Wildman–Crippen MR) is 76.7 cm³/mol. The van der Waals surface area contributed by atoms with Crippen molar-refractivity contribution in [1.29, 1.82) is 0 Å². The SMILES string of the molecule is CC1CCC(CN)(NC(=O)c2ccc(O)c(O)c2)CC1. The van der Waals surface area contributed by atoms with E-state index in [-0.39, 0.29) is 22.9 Å². The van der Waals surface area contributed by atoms with Crippen molar-refractivity contribution in [3.63, 3.8) is 0 Å². The van der Waals surface area contributed by atoms with Gasteiger partial charge < -0.3 is 21.3 Å². The van der Waals surface area contributed by atoms with Crippen LogP contribution in [0.3, 0.4) is 0 Å². The molecular formula is C15H22N2O3. The summed E-state index contributed by atoms with van der Waals surface area (Å²) in [5.41, 5.74) is 5.84. The normalized spacial score (nSPS) is 26.2. The third-order valence-electron chi connectivity index (χ3n) is 4.24. The Bertz CT molecular complexity index is 494. The maximum absolute atomic E-state index is 12.3. The molecule has 0 saturated heterocycles. The van der Waals surface area contributed by atoms with Crippen LogP contribution in [0.15, 0.2) is 18.2 Å². The third kappa shape index (κ3) is 3.04. The van der Waals surface area contributed by atoms with Gasteiger partial charge in [0.1, 0.15) is 0 Å². The second-order valence-electron chi connectivity index (χ2n) is 5.82. The Morgan fingerprint density at radius 2 is 2.00 bits per heavy atom. The highest BCUT2D eigenvalue weighted by atomic mass is 16.3. The highest BCUT2D eigenvalue weighted by molar-refractivity contribution is 5.95. The number of hydrogen-bond acceptors (Lipinski definition) is 4. The zero-order chi connectivity index (χ0) is 14.8. The average molecular weight is 278 g/mol. The van der Waals surface area contributed by atoms with E-state index in [0.29, 0.717) is 18.0 Å². The van der Waals surface area contributed by atoms with Gasteiger partial charge in [-0.25, -0.2) is 0 Å². The van der Waals surface area contributed by atoms with E-state index in [1.807, 2.05) is 0 Å². The number of phenols is 2. The van der Waals surface area contributed by atoms with Crippen LogP contribution in [0, 0.1) is 5.92 Å². The van der Waals surface area contributed by atoms with Crippen LogP contribution < -0.4 is 11.1 Å². The van der Waals surface area contributed by atoms with Crippen LogP contribution >= 0.6 is 0 Å². The van der Waals surface area contributed by atoms with Crippen LogP contribution in [0.5, 0.6) is 11.5 Å². The third-order valence-corrected chi connectivity index (χ3v) is 4.24. The molecule has 5 N–H and O–H groups in total. The van der Waals surface area contributed by atoms with Crippen LogP contribution in [0.4, 0.5) is 0 Å². The van der Waals surface area contributed by atoms with Crippen LogP contribution in [0.25, 0.3) is 0 Å². The minimum Gasteiger partial charge on any atom is -0.504 e. The molecule has 1 amide bonds. The van der Waals surface area contributed by atoms with E-state index in [0.717, 1.165) is 25.7 Å². The van der Waals surface area contributed by atoms with E-state index >= 15 is 0 Å². The average Bonchev–Trinajstić information content (AvgIpc) is 2.44. The highest BCUT2D eigenvalue weighted by Gasteiger charge is 2.34. The van der Waals surface area contributed by atoms with Gasteiger partial charge in [0.2, 0.25) is 0 Å². The second kappa shape index (κ2) is 5.71. The lowest BCUT2D eigenvalue weighted by atomic mass is 9.77. The molecule has 1 aliphatic rings. The first-order valence-corrected chi connectivity index (χ1v) is 7.00. The monoisotopic (exact) mass is 278 g/mol. The standard InChI is InChI=1S/C15H22N2O3/c1-10-4-6-15(9-16,7-5-10)17-14(20)11-2-3-12(18)13(19)8-11/h2-3,8,10,18-19H,4-7,9,16H2,1H3,(H,17,20). The molecule has 20 heavy (non-hydrogen) atoms. The van der Waals surface area contributed by atoms with Gasteiger partial charge >= 0.3 is 0 Å². The van der Waals surface area contributed by atoms with Gasteiger partial charge in [0.15, 0.2) is 11.5 Å². The van der Waals surface area contributed by atoms with Crippen molar-refractivity contribution < 1.29 is 15.0 Å². The first-order chi connectivity index (χ1) is 9.46. The Kier molecular flexibility index (Phi) is 4.18.